The monoisotopic (exact) mass is 340 g/mol. The molecule has 0 amide bonds. The lowest BCUT2D eigenvalue weighted by molar-refractivity contribution is 0.0655. The molecule has 2 saturated heterocycles. The lowest BCUT2D eigenvalue weighted by Gasteiger charge is -2.35. The molecule has 3 aromatic rings. The molecule has 1 N–H and O–H groups in total. The molecule has 0 aliphatic carbocycles. The van der Waals surface area contributed by atoms with Crippen LogP contribution < -0.4 is 4.74 Å². The minimum atomic E-state index is 0.284. The Balaban J connectivity index is 1.34. The number of benzene rings is 1. The van der Waals surface area contributed by atoms with E-state index in [0.29, 0.717) is 17.3 Å². The third kappa shape index (κ3) is 2.41. The molecule has 2 bridgehead atoms. The maximum atomic E-state index is 6.17. The van der Waals surface area contributed by atoms with E-state index in [4.69, 9.17) is 4.74 Å². The normalized spacial score (nSPS) is 27.0. The maximum absolute atomic E-state index is 6.17. The average molecular weight is 340 g/mol. The van der Waals surface area contributed by atoms with Crippen LogP contribution in [0.5, 0.6) is 5.19 Å². The molecular formula is C18H20N4OS. The van der Waals surface area contributed by atoms with Crippen LogP contribution in [0.4, 0.5) is 0 Å². The SMILES string of the molecule is CN1C2CCC1CC(Oc1nnc(-c3ccc4[nH]ccc4c3)s1)C2. The van der Waals surface area contributed by atoms with Gasteiger partial charge in [0.2, 0.25) is 0 Å². The predicted octanol–water partition coefficient (Wildman–Crippen LogP) is 3.69. The first-order valence-corrected chi connectivity index (χ1v) is 9.37. The molecule has 0 radical (unpaired) electrons. The maximum Gasteiger partial charge on any atom is 0.294 e. The number of nitrogens with zero attached hydrogens (tertiary/aromatic N) is 3. The van der Waals surface area contributed by atoms with Crippen molar-refractivity contribution in [2.75, 3.05) is 7.05 Å². The fourth-order valence-electron chi connectivity index (χ4n) is 4.16. The number of hydrogen-bond donors (Lipinski definition) is 1. The highest BCUT2D eigenvalue weighted by Crippen LogP contribution is 2.37. The third-order valence-electron chi connectivity index (χ3n) is 5.53. The van der Waals surface area contributed by atoms with E-state index in [2.05, 4.69) is 51.4 Å². The summed E-state index contributed by atoms with van der Waals surface area (Å²) in [5, 5.41) is 11.4. The molecule has 5 nitrogen and oxygen atoms in total. The zero-order valence-corrected chi connectivity index (χ0v) is 14.4. The molecule has 2 aliphatic rings. The quantitative estimate of drug-likeness (QED) is 0.790. The Hall–Kier alpha value is -1.92. The summed E-state index contributed by atoms with van der Waals surface area (Å²) in [6.07, 6.45) is 7.07. The van der Waals surface area contributed by atoms with Crippen molar-refractivity contribution in [1.29, 1.82) is 0 Å². The van der Waals surface area contributed by atoms with Crippen molar-refractivity contribution in [3.8, 4) is 15.8 Å². The standard InChI is InChI=1S/C18H20N4OS/c1-22-13-3-4-14(22)10-15(9-13)23-18-21-20-17(24-18)12-2-5-16-11(8-12)6-7-19-16/h2,5-8,13-15,19H,3-4,9-10H2,1H3. The lowest BCUT2D eigenvalue weighted by atomic mass is 10.0. The topological polar surface area (TPSA) is 54.0 Å². The molecule has 6 heteroatoms. The average Bonchev–Trinajstić information content (AvgIpc) is 3.27. The van der Waals surface area contributed by atoms with Crippen LogP contribution in [-0.2, 0) is 0 Å². The minimum Gasteiger partial charge on any atom is -0.465 e. The van der Waals surface area contributed by atoms with Gasteiger partial charge < -0.3 is 14.6 Å². The van der Waals surface area contributed by atoms with Crippen LogP contribution in [0.1, 0.15) is 25.7 Å². The van der Waals surface area contributed by atoms with E-state index in [-0.39, 0.29) is 6.10 Å². The summed E-state index contributed by atoms with van der Waals surface area (Å²) >= 11 is 1.55. The Kier molecular flexibility index (Phi) is 3.35. The van der Waals surface area contributed by atoms with E-state index >= 15 is 0 Å². The number of hydrogen-bond acceptors (Lipinski definition) is 5. The van der Waals surface area contributed by atoms with Crippen LogP contribution >= 0.6 is 11.3 Å². The van der Waals surface area contributed by atoms with Crippen molar-refractivity contribution in [3.63, 3.8) is 0 Å². The van der Waals surface area contributed by atoms with Gasteiger partial charge in [-0.25, -0.2) is 0 Å². The van der Waals surface area contributed by atoms with Gasteiger partial charge in [0, 0.05) is 34.7 Å². The molecule has 0 saturated carbocycles. The fraction of sp³-hybridized carbons (Fsp3) is 0.444. The van der Waals surface area contributed by atoms with E-state index in [1.54, 1.807) is 11.3 Å². The molecular weight excluding hydrogens is 320 g/mol. The largest absolute Gasteiger partial charge is 0.465 e. The number of aromatic nitrogens is 3. The number of piperidine rings is 1. The number of rotatable bonds is 3. The van der Waals surface area contributed by atoms with Crippen LogP contribution in [0.3, 0.4) is 0 Å². The Morgan fingerprint density at radius 3 is 2.83 bits per heavy atom. The highest BCUT2D eigenvalue weighted by Gasteiger charge is 2.39. The fourth-order valence-corrected chi connectivity index (χ4v) is 4.92. The van der Waals surface area contributed by atoms with Gasteiger partial charge >= 0.3 is 0 Å². The van der Waals surface area contributed by atoms with Crippen molar-refractivity contribution in [2.24, 2.45) is 0 Å². The zero-order chi connectivity index (χ0) is 16.1. The Morgan fingerprint density at radius 1 is 1.17 bits per heavy atom. The van der Waals surface area contributed by atoms with Crippen molar-refractivity contribution in [3.05, 3.63) is 30.5 Å². The van der Waals surface area contributed by atoms with Crippen LogP contribution in [0.25, 0.3) is 21.5 Å². The highest BCUT2D eigenvalue weighted by atomic mass is 32.1. The summed E-state index contributed by atoms with van der Waals surface area (Å²) in [6.45, 7) is 0. The van der Waals surface area contributed by atoms with Crippen molar-refractivity contribution in [2.45, 2.75) is 43.9 Å². The summed E-state index contributed by atoms with van der Waals surface area (Å²) in [5.74, 6) is 0. The van der Waals surface area contributed by atoms with Gasteiger partial charge in [0.15, 0.2) is 5.01 Å². The molecule has 2 fully saturated rings. The van der Waals surface area contributed by atoms with Gasteiger partial charge in [-0.3, -0.25) is 0 Å². The summed E-state index contributed by atoms with van der Waals surface area (Å²) in [7, 11) is 2.25. The second kappa shape index (κ2) is 5.57. The molecule has 124 valence electrons. The van der Waals surface area contributed by atoms with Crippen LogP contribution in [0, 0.1) is 0 Å². The molecule has 2 atom stereocenters. The molecule has 2 aliphatic heterocycles. The number of nitrogens with one attached hydrogen (secondary N) is 1. The number of H-pyrrole nitrogens is 1. The predicted molar refractivity (Wildman–Crippen MR) is 95.4 cm³/mol. The summed E-state index contributed by atoms with van der Waals surface area (Å²) in [4.78, 5) is 5.74. The first-order chi connectivity index (χ1) is 11.8. The first-order valence-electron chi connectivity index (χ1n) is 8.56. The Bertz CT molecular complexity index is 859. The zero-order valence-electron chi connectivity index (χ0n) is 13.6. The van der Waals surface area contributed by atoms with Gasteiger partial charge in [-0.15, -0.1) is 5.10 Å². The highest BCUT2D eigenvalue weighted by molar-refractivity contribution is 7.16. The molecule has 2 unspecified atom stereocenters. The van der Waals surface area contributed by atoms with Crippen LogP contribution in [0.2, 0.25) is 0 Å². The van der Waals surface area contributed by atoms with E-state index in [1.807, 2.05) is 6.20 Å². The van der Waals surface area contributed by atoms with Crippen molar-refractivity contribution < 1.29 is 4.74 Å². The summed E-state index contributed by atoms with van der Waals surface area (Å²) < 4.78 is 6.17. The van der Waals surface area contributed by atoms with E-state index in [0.717, 1.165) is 28.9 Å². The molecule has 0 spiro atoms. The van der Waals surface area contributed by atoms with E-state index in [9.17, 15) is 0 Å². The molecule has 24 heavy (non-hydrogen) atoms. The van der Waals surface area contributed by atoms with Gasteiger partial charge in [-0.2, -0.15) is 0 Å². The number of ether oxygens (including phenoxy) is 1. The third-order valence-corrected chi connectivity index (χ3v) is 6.39. The van der Waals surface area contributed by atoms with Crippen LogP contribution in [-0.4, -0.2) is 45.3 Å². The van der Waals surface area contributed by atoms with Crippen molar-refractivity contribution in [1.82, 2.24) is 20.1 Å². The van der Waals surface area contributed by atoms with Crippen molar-refractivity contribution >= 4 is 22.2 Å². The molecule has 4 heterocycles. The summed E-state index contributed by atoms with van der Waals surface area (Å²) in [5.41, 5.74) is 2.24. The first kappa shape index (κ1) is 14.4. The van der Waals surface area contributed by atoms with E-state index in [1.165, 1.54) is 18.2 Å². The number of fused-ring (bicyclic) bond motifs is 3. The van der Waals surface area contributed by atoms with Gasteiger partial charge in [0.25, 0.3) is 5.19 Å². The van der Waals surface area contributed by atoms with Gasteiger partial charge in [-0.1, -0.05) is 16.4 Å². The van der Waals surface area contributed by atoms with Gasteiger partial charge in [0.05, 0.1) is 0 Å². The molecule has 1 aromatic carbocycles. The summed E-state index contributed by atoms with van der Waals surface area (Å²) in [6, 6.07) is 9.74. The second-order valence-electron chi connectivity index (χ2n) is 6.91. The van der Waals surface area contributed by atoms with Gasteiger partial charge in [0.1, 0.15) is 6.10 Å². The Morgan fingerprint density at radius 2 is 2.00 bits per heavy atom. The number of aromatic amines is 1. The van der Waals surface area contributed by atoms with E-state index < -0.39 is 0 Å². The smallest absolute Gasteiger partial charge is 0.294 e. The van der Waals surface area contributed by atoms with Gasteiger partial charge in [-0.05, 0) is 57.0 Å². The second-order valence-corrected chi connectivity index (χ2v) is 7.85. The van der Waals surface area contributed by atoms with Crippen LogP contribution in [0.15, 0.2) is 30.5 Å². The molecule has 2 aromatic heterocycles. The minimum absolute atomic E-state index is 0.284. The Labute approximate surface area is 144 Å². The lowest BCUT2D eigenvalue weighted by Crippen LogP contribution is -2.43. The molecule has 5 rings (SSSR count).